The van der Waals surface area contributed by atoms with Crippen molar-refractivity contribution in [3.05, 3.63) is 69.7 Å². The van der Waals surface area contributed by atoms with Crippen LogP contribution in [0, 0.1) is 0 Å². The van der Waals surface area contributed by atoms with E-state index in [0.29, 0.717) is 0 Å². The fourth-order valence-electron chi connectivity index (χ4n) is 3.14. The molecule has 0 unspecified atom stereocenters. The molecule has 0 atom stereocenters. The van der Waals surface area contributed by atoms with Gasteiger partial charge in [0.25, 0.3) is 0 Å². The lowest BCUT2D eigenvalue weighted by Gasteiger charge is -2.27. The van der Waals surface area contributed by atoms with Crippen LogP contribution in [0.3, 0.4) is 0 Å². The molecule has 1 saturated heterocycles. The van der Waals surface area contributed by atoms with E-state index in [4.69, 9.17) is 27.9 Å². The van der Waals surface area contributed by atoms with Crippen molar-refractivity contribution in [2.24, 2.45) is 0 Å². The maximum Gasteiger partial charge on any atom is 0.108 e. The summed E-state index contributed by atoms with van der Waals surface area (Å²) in [7, 11) is 0. The number of ether oxygens (including phenoxy) is 1. The van der Waals surface area contributed by atoms with Crippen molar-refractivity contribution in [3.8, 4) is 0 Å². The van der Waals surface area contributed by atoms with Crippen LogP contribution in [-0.2, 0) is 4.74 Å². The molecule has 128 valence electrons. The average molecular weight is 364 g/mol. The highest BCUT2D eigenvalue weighted by atomic mass is 35.5. The second kappa shape index (κ2) is 8.87. The molecule has 0 saturated carbocycles. The largest absolute Gasteiger partial charge is 0.367 e. The van der Waals surface area contributed by atoms with Gasteiger partial charge in [0.15, 0.2) is 0 Å². The molecule has 0 aliphatic carbocycles. The van der Waals surface area contributed by atoms with Crippen LogP contribution in [0.4, 0.5) is 0 Å². The standard InChI is InChI=1S/C20H23Cl2NO/c21-18-8-4-16(5-9-18)20(17-6-10-19(22)11-7-17)24-15-14-23-12-2-1-3-13-23/h4-11,20H,1-3,12-15H2. The predicted octanol–water partition coefficient (Wildman–Crippen LogP) is 5.59. The average Bonchev–Trinajstić information content (AvgIpc) is 2.62. The molecular weight excluding hydrogens is 341 g/mol. The topological polar surface area (TPSA) is 12.5 Å². The van der Waals surface area contributed by atoms with Gasteiger partial charge in [-0.25, -0.2) is 0 Å². The Morgan fingerprint density at radius 1 is 0.792 bits per heavy atom. The summed E-state index contributed by atoms with van der Waals surface area (Å²) in [6, 6.07) is 15.8. The number of rotatable bonds is 6. The molecule has 1 heterocycles. The van der Waals surface area contributed by atoms with E-state index < -0.39 is 0 Å². The molecule has 0 bridgehead atoms. The number of benzene rings is 2. The molecule has 24 heavy (non-hydrogen) atoms. The summed E-state index contributed by atoms with van der Waals surface area (Å²) in [6.45, 7) is 4.08. The van der Waals surface area contributed by atoms with Crippen LogP contribution in [0.5, 0.6) is 0 Å². The highest BCUT2D eigenvalue weighted by Gasteiger charge is 2.16. The molecule has 1 aliphatic rings. The highest BCUT2D eigenvalue weighted by Crippen LogP contribution is 2.28. The highest BCUT2D eigenvalue weighted by molar-refractivity contribution is 6.30. The summed E-state index contributed by atoms with van der Waals surface area (Å²) in [5, 5.41) is 1.48. The van der Waals surface area contributed by atoms with Crippen molar-refractivity contribution in [1.82, 2.24) is 4.90 Å². The van der Waals surface area contributed by atoms with Crippen LogP contribution < -0.4 is 0 Å². The smallest absolute Gasteiger partial charge is 0.108 e. The second-order valence-electron chi connectivity index (χ2n) is 6.26. The van der Waals surface area contributed by atoms with Crippen LogP contribution in [0.2, 0.25) is 10.0 Å². The number of halogens is 2. The molecule has 0 aromatic heterocycles. The first-order chi connectivity index (χ1) is 11.7. The van der Waals surface area contributed by atoms with E-state index in [9.17, 15) is 0 Å². The third kappa shape index (κ3) is 4.97. The third-order valence-electron chi connectivity index (χ3n) is 4.49. The lowest BCUT2D eigenvalue weighted by molar-refractivity contribution is 0.0557. The molecule has 0 amide bonds. The first-order valence-electron chi connectivity index (χ1n) is 8.57. The monoisotopic (exact) mass is 363 g/mol. The molecule has 0 N–H and O–H groups in total. The number of likely N-dealkylation sites (tertiary alicyclic amines) is 1. The Morgan fingerprint density at radius 2 is 1.29 bits per heavy atom. The van der Waals surface area contributed by atoms with Crippen LogP contribution in [0.15, 0.2) is 48.5 Å². The Hall–Kier alpha value is -1.06. The van der Waals surface area contributed by atoms with Gasteiger partial charge in [-0.15, -0.1) is 0 Å². The van der Waals surface area contributed by atoms with Crippen molar-refractivity contribution in [3.63, 3.8) is 0 Å². The maximum absolute atomic E-state index is 6.27. The first-order valence-corrected chi connectivity index (χ1v) is 9.33. The van der Waals surface area contributed by atoms with Crippen molar-refractivity contribution in [1.29, 1.82) is 0 Å². The molecule has 1 aliphatic heterocycles. The van der Waals surface area contributed by atoms with E-state index in [1.54, 1.807) is 0 Å². The number of piperidine rings is 1. The van der Waals surface area contributed by atoms with Crippen molar-refractivity contribution < 1.29 is 4.74 Å². The van der Waals surface area contributed by atoms with Crippen LogP contribution in [0.25, 0.3) is 0 Å². The second-order valence-corrected chi connectivity index (χ2v) is 7.13. The minimum atomic E-state index is -0.0932. The van der Waals surface area contributed by atoms with Gasteiger partial charge in [-0.05, 0) is 61.3 Å². The molecule has 0 radical (unpaired) electrons. The van der Waals surface area contributed by atoms with Crippen molar-refractivity contribution >= 4 is 23.2 Å². The van der Waals surface area contributed by atoms with Crippen LogP contribution in [-0.4, -0.2) is 31.1 Å². The summed E-state index contributed by atoms with van der Waals surface area (Å²) in [4.78, 5) is 2.49. The Labute approximate surface area is 154 Å². The molecule has 0 spiro atoms. The Morgan fingerprint density at radius 3 is 1.79 bits per heavy atom. The number of hydrogen-bond donors (Lipinski definition) is 0. The third-order valence-corrected chi connectivity index (χ3v) is 4.99. The zero-order chi connectivity index (χ0) is 16.8. The molecule has 3 rings (SSSR count). The van der Waals surface area contributed by atoms with Crippen molar-refractivity contribution in [2.75, 3.05) is 26.2 Å². The van der Waals surface area contributed by atoms with Gasteiger partial charge in [-0.1, -0.05) is 53.9 Å². The predicted molar refractivity (Wildman–Crippen MR) is 101 cm³/mol. The van der Waals surface area contributed by atoms with Crippen LogP contribution >= 0.6 is 23.2 Å². The van der Waals surface area contributed by atoms with Gasteiger partial charge in [-0.2, -0.15) is 0 Å². The van der Waals surface area contributed by atoms with Gasteiger partial charge in [0.1, 0.15) is 6.10 Å². The fraction of sp³-hybridized carbons (Fsp3) is 0.400. The molecule has 2 aromatic rings. The summed E-state index contributed by atoms with van der Waals surface area (Å²) in [6.07, 6.45) is 3.87. The zero-order valence-electron chi connectivity index (χ0n) is 13.8. The van der Waals surface area contributed by atoms with Gasteiger partial charge in [-0.3, -0.25) is 0 Å². The molecule has 2 nitrogen and oxygen atoms in total. The lowest BCUT2D eigenvalue weighted by atomic mass is 10.0. The quantitative estimate of drug-likeness (QED) is 0.663. The minimum Gasteiger partial charge on any atom is -0.367 e. The van der Waals surface area contributed by atoms with Crippen LogP contribution in [0.1, 0.15) is 36.5 Å². The van der Waals surface area contributed by atoms with E-state index in [1.165, 1.54) is 32.4 Å². The molecule has 1 fully saturated rings. The Kier molecular flexibility index (Phi) is 6.56. The van der Waals surface area contributed by atoms with Gasteiger partial charge in [0.05, 0.1) is 6.61 Å². The lowest BCUT2D eigenvalue weighted by Crippen LogP contribution is -2.33. The van der Waals surface area contributed by atoms with Crippen molar-refractivity contribution in [2.45, 2.75) is 25.4 Å². The SMILES string of the molecule is Clc1ccc(C(OCCN2CCCCC2)c2ccc(Cl)cc2)cc1. The van der Waals surface area contributed by atoms with Gasteiger partial charge >= 0.3 is 0 Å². The van der Waals surface area contributed by atoms with Gasteiger partial charge < -0.3 is 9.64 Å². The molecule has 4 heteroatoms. The van der Waals surface area contributed by atoms with E-state index in [2.05, 4.69) is 4.90 Å². The Balaban J connectivity index is 1.69. The summed E-state index contributed by atoms with van der Waals surface area (Å²) in [5.74, 6) is 0. The molecular formula is C20H23Cl2NO. The van der Waals surface area contributed by atoms with E-state index >= 15 is 0 Å². The van der Waals surface area contributed by atoms with Gasteiger partial charge in [0.2, 0.25) is 0 Å². The van der Waals surface area contributed by atoms with Gasteiger partial charge in [0, 0.05) is 16.6 Å². The summed E-state index contributed by atoms with van der Waals surface area (Å²) >= 11 is 12.0. The first kappa shape index (κ1) is 17.8. The normalized spacial score (nSPS) is 15.8. The molecule has 2 aromatic carbocycles. The number of hydrogen-bond acceptors (Lipinski definition) is 2. The van der Waals surface area contributed by atoms with E-state index in [0.717, 1.165) is 34.3 Å². The van der Waals surface area contributed by atoms with E-state index in [1.807, 2.05) is 48.5 Å². The number of nitrogens with zero attached hydrogens (tertiary/aromatic N) is 1. The maximum atomic E-state index is 6.27. The van der Waals surface area contributed by atoms with E-state index in [-0.39, 0.29) is 6.10 Å². The summed E-state index contributed by atoms with van der Waals surface area (Å²) < 4.78 is 6.27. The Bertz CT molecular complexity index is 576. The zero-order valence-corrected chi connectivity index (χ0v) is 15.3. The minimum absolute atomic E-state index is 0.0932. The summed E-state index contributed by atoms with van der Waals surface area (Å²) in [5.41, 5.74) is 2.22. The fourth-order valence-corrected chi connectivity index (χ4v) is 3.39.